The van der Waals surface area contributed by atoms with Crippen molar-refractivity contribution in [1.29, 1.82) is 0 Å². The summed E-state index contributed by atoms with van der Waals surface area (Å²) in [7, 11) is 0. The Morgan fingerprint density at radius 1 is 0.214 bits per heavy atom. The Labute approximate surface area is 326 Å². The van der Waals surface area contributed by atoms with Crippen LogP contribution < -0.4 is 0 Å². The first kappa shape index (κ1) is 33.1. The Bertz CT molecular complexity index is 3010. The third kappa shape index (κ3) is 6.31. The lowest BCUT2D eigenvalue weighted by Crippen LogP contribution is -2.01. The summed E-state index contributed by atoms with van der Waals surface area (Å²) in [6, 6.07) is 74.8. The van der Waals surface area contributed by atoms with Gasteiger partial charge in [0.15, 0.2) is 17.5 Å². The molecule has 0 saturated carbocycles. The van der Waals surface area contributed by atoms with Gasteiger partial charge >= 0.3 is 0 Å². The van der Waals surface area contributed by atoms with Gasteiger partial charge in [-0.15, -0.1) is 0 Å². The van der Waals surface area contributed by atoms with E-state index < -0.39 is 0 Å². The Balaban J connectivity index is 1.16. The quantitative estimate of drug-likeness (QED) is 0.165. The van der Waals surface area contributed by atoms with Gasteiger partial charge in [-0.3, -0.25) is 0 Å². The zero-order valence-corrected chi connectivity index (χ0v) is 30.5. The van der Waals surface area contributed by atoms with Crippen molar-refractivity contribution in [2.75, 3.05) is 0 Å². The second-order valence-corrected chi connectivity index (χ2v) is 14.0. The molecule has 1 heterocycles. The van der Waals surface area contributed by atoms with E-state index in [0.29, 0.717) is 17.5 Å². The van der Waals surface area contributed by atoms with Crippen LogP contribution in [0.5, 0.6) is 0 Å². The lowest BCUT2D eigenvalue weighted by Gasteiger charge is -2.16. The molecular weight excluding hydrogens is 679 g/mol. The average Bonchev–Trinajstić information content (AvgIpc) is 3.29. The van der Waals surface area contributed by atoms with Gasteiger partial charge in [-0.1, -0.05) is 194 Å². The van der Waals surface area contributed by atoms with E-state index in [1.807, 2.05) is 6.07 Å². The normalized spacial score (nSPS) is 11.2. The Morgan fingerprint density at radius 2 is 0.643 bits per heavy atom. The maximum absolute atomic E-state index is 5.22. The molecule has 262 valence electrons. The van der Waals surface area contributed by atoms with Crippen LogP contribution in [0.15, 0.2) is 212 Å². The zero-order valence-electron chi connectivity index (χ0n) is 30.5. The number of benzene rings is 9. The number of nitrogens with zero attached hydrogens (tertiary/aromatic N) is 3. The van der Waals surface area contributed by atoms with Crippen molar-refractivity contribution in [1.82, 2.24) is 15.0 Å². The van der Waals surface area contributed by atoms with Crippen molar-refractivity contribution in [3.8, 4) is 78.7 Å². The molecule has 0 aliphatic carbocycles. The van der Waals surface area contributed by atoms with Crippen LogP contribution in [0.3, 0.4) is 0 Å². The van der Waals surface area contributed by atoms with Gasteiger partial charge in [-0.2, -0.15) is 0 Å². The molecular formula is C53H35N3. The Kier molecular flexibility index (Phi) is 8.51. The lowest BCUT2D eigenvalue weighted by atomic mass is 9.88. The second-order valence-electron chi connectivity index (χ2n) is 14.0. The largest absolute Gasteiger partial charge is 0.208 e. The first-order chi connectivity index (χ1) is 27.7. The van der Waals surface area contributed by atoms with Gasteiger partial charge in [0.25, 0.3) is 0 Å². The number of aromatic nitrogens is 3. The van der Waals surface area contributed by atoms with Crippen molar-refractivity contribution in [2.45, 2.75) is 0 Å². The number of fused-ring (bicyclic) bond motifs is 2. The van der Waals surface area contributed by atoms with Gasteiger partial charge in [0.05, 0.1) is 0 Å². The number of hydrogen-bond donors (Lipinski definition) is 0. The molecule has 9 aromatic carbocycles. The van der Waals surface area contributed by atoms with E-state index in [1.54, 1.807) is 0 Å². The molecule has 0 aliphatic heterocycles. The molecule has 0 aliphatic rings. The average molecular weight is 714 g/mol. The topological polar surface area (TPSA) is 38.7 Å². The summed E-state index contributed by atoms with van der Waals surface area (Å²) in [6.45, 7) is 0. The zero-order chi connectivity index (χ0) is 37.3. The summed E-state index contributed by atoms with van der Waals surface area (Å²) in [4.78, 5) is 15.6. The SMILES string of the molecule is c1ccc(-c2cccc(-c3nc(-c4cccc(-c5ccc(-c6ccccc6)cc5-c5cccc6ccccc56)c4)nc(-c4cccc5ccccc45)n3)c2)cc1. The predicted molar refractivity (Wildman–Crippen MR) is 233 cm³/mol. The fourth-order valence-electron chi connectivity index (χ4n) is 7.76. The van der Waals surface area contributed by atoms with Crippen LogP contribution in [0.1, 0.15) is 0 Å². The molecule has 0 saturated heterocycles. The van der Waals surface area contributed by atoms with Crippen LogP contribution in [0, 0.1) is 0 Å². The van der Waals surface area contributed by atoms with Crippen molar-refractivity contribution >= 4 is 21.5 Å². The molecule has 0 amide bonds. The standard InChI is InChI=1S/C53H35N3/c1-3-15-36(16-4-1)40-23-11-25-43(33-40)51-54-52(56-53(55-51)49-30-14-22-39-20-8-10-28-46(39)49)44-26-12-24-42(34-44)47-32-31-41(37-17-5-2-6-18-37)35-50(47)48-29-13-21-38-19-7-9-27-45(38)48/h1-35H. The van der Waals surface area contributed by atoms with Gasteiger partial charge in [0.1, 0.15) is 0 Å². The van der Waals surface area contributed by atoms with Gasteiger partial charge in [-0.05, 0) is 84.3 Å². The van der Waals surface area contributed by atoms with E-state index in [1.165, 1.54) is 33.0 Å². The van der Waals surface area contributed by atoms with Crippen LogP contribution in [0.2, 0.25) is 0 Å². The lowest BCUT2D eigenvalue weighted by molar-refractivity contribution is 1.08. The molecule has 10 aromatic rings. The Hall–Kier alpha value is -7.49. The summed E-state index contributed by atoms with van der Waals surface area (Å²) in [5.74, 6) is 1.89. The van der Waals surface area contributed by atoms with Crippen LogP contribution >= 0.6 is 0 Å². The minimum absolute atomic E-state index is 0.623. The van der Waals surface area contributed by atoms with Crippen molar-refractivity contribution in [3.05, 3.63) is 212 Å². The molecule has 10 rings (SSSR count). The highest BCUT2D eigenvalue weighted by Gasteiger charge is 2.17. The van der Waals surface area contributed by atoms with Crippen molar-refractivity contribution in [3.63, 3.8) is 0 Å². The summed E-state index contributed by atoms with van der Waals surface area (Å²) < 4.78 is 0. The van der Waals surface area contributed by atoms with E-state index in [4.69, 9.17) is 15.0 Å². The molecule has 0 fully saturated rings. The van der Waals surface area contributed by atoms with E-state index in [2.05, 4.69) is 206 Å². The van der Waals surface area contributed by atoms with Crippen molar-refractivity contribution < 1.29 is 0 Å². The molecule has 0 bridgehead atoms. The molecule has 3 heteroatoms. The van der Waals surface area contributed by atoms with Gasteiger partial charge in [0.2, 0.25) is 0 Å². The minimum atomic E-state index is 0.623. The maximum atomic E-state index is 5.22. The highest BCUT2D eigenvalue weighted by molar-refractivity contribution is 6.02. The molecule has 56 heavy (non-hydrogen) atoms. The predicted octanol–water partition coefficient (Wildman–Crippen LogP) is 13.8. The van der Waals surface area contributed by atoms with Crippen LogP contribution in [-0.4, -0.2) is 15.0 Å². The highest BCUT2D eigenvalue weighted by atomic mass is 15.0. The fraction of sp³-hybridized carbons (Fsp3) is 0. The van der Waals surface area contributed by atoms with Gasteiger partial charge < -0.3 is 0 Å². The molecule has 0 unspecified atom stereocenters. The number of hydrogen-bond acceptors (Lipinski definition) is 3. The van der Waals surface area contributed by atoms with E-state index >= 15 is 0 Å². The third-order valence-electron chi connectivity index (χ3n) is 10.5. The van der Waals surface area contributed by atoms with Gasteiger partial charge in [-0.25, -0.2) is 15.0 Å². The fourth-order valence-corrected chi connectivity index (χ4v) is 7.76. The summed E-state index contributed by atoms with van der Waals surface area (Å²) in [5, 5.41) is 4.67. The van der Waals surface area contributed by atoms with Crippen LogP contribution in [0.25, 0.3) is 100 Å². The van der Waals surface area contributed by atoms with Crippen molar-refractivity contribution in [2.24, 2.45) is 0 Å². The summed E-state index contributed by atoms with van der Waals surface area (Å²) in [5.41, 5.74) is 12.0. The monoisotopic (exact) mass is 713 g/mol. The second kappa shape index (κ2) is 14.4. The molecule has 0 N–H and O–H groups in total. The summed E-state index contributed by atoms with van der Waals surface area (Å²) in [6.07, 6.45) is 0. The Morgan fingerprint density at radius 3 is 1.29 bits per heavy atom. The van der Waals surface area contributed by atoms with Crippen LogP contribution in [0.4, 0.5) is 0 Å². The van der Waals surface area contributed by atoms with Gasteiger partial charge in [0, 0.05) is 16.7 Å². The molecule has 1 aromatic heterocycles. The minimum Gasteiger partial charge on any atom is -0.208 e. The molecule has 3 nitrogen and oxygen atoms in total. The highest BCUT2D eigenvalue weighted by Crippen LogP contribution is 2.40. The molecule has 0 spiro atoms. The number of rotatable bonds is 7. The first-order valence-corrected chi connectivity index (χ1v) is 18.9. The van der Waals surface area contributed by atoms with E-state index in [-0.39, 0.29) is 0 Å². The third-order valence-corrected chi connectivity index (χ3v) is 10.5. The molecule has 0 radical (unpaired) electrons. The van der Waals surface area contributed by atoms with E-state index in [0.717, 1.165) is 49.7 Å². The first-order valence-electron chi connectivity index (χ1n) is 18.9. The van der Waals surface area contributed by atoms with Crippen LogP contribution in [-0.2, 0) is 0 Å². The maximum Gasteiger partial charge on any atom is 0.164 e. The smallest absolute Gasteiger partial charge is 0.164 e. The summed E-state index contributed by atoms with van der Waals surface area (Å²) >= 11 is 0. The molecule has 0 atom stereocenters. The van der Waals surface area contributed by atoms with E-state index in [9.17, 15) is 0 Å².